The predicted octanol–water partition coefficient (Wildman–Crippen LogP) is 3.05. The first-order valence-corrected chi connectivity index (χ1v) is 6.84. The smallest absolute Gasteiger partial charge is 0.222 e. The van der Waals surface area contributed by atoms with Crippen LogP contribution in [-0.4, -0.2) is 37.0 Å². The highest BCUT2D eigenvalue weighted by Crippen LogP contribution is 2.26. The molecule has 0 atom stereocenters. The first-order chi connectivity index (χ1) is 8.60. The molecular formula is C13H16Cl2N2O. The van der Waals surface area contributed by atoms with E-state index in [4.69, 9.17) is 23.2 Å². The van der Waals surface area contributed by atoms with Crippen LogP contribution < -0.4 is 4.90 Å². The van der Waals surface area contributed by atoms with E-state index in [0.717, 1.165) is 31.9 Å². The molecule has 5 heteroatoms. The van der Waals surface area contributed by atoms with Crippen LogP contribution in [0.4, 0.5) is 5.69 Å². The minimum absolute atomic E-state index is 0.221. The Balaban J connectivity index is 2.03. The maximum Gasteiger partial charge on any atom is 0.222 e. The first kappa shape index (κ1) is 13.5. The van der Waals surface area contributed by atoms with Gasteiger partial charge in [0.1, 0.15) is 0 Å². The van der Waals surface area contributed by atoms with Gasteiger partial charge < -0.3 is 9.80 Å². The minimum atomic E-state index is 0.221. The zero-order valence-electron chi connectivity index (χ0n) is 10.3. The lowest BCUT2D eigenvalue weighted by Gasteiger charge is -2.36. The van der Waals surface area contributed by atoms with Crippen molar-refractivity contribution in [1.82, 2.24) is 4.90 Å². The Kier molecular flexibility index (Phi) is 4.36. The SMILES string of the molecule is CCC(=O)N1CCN(c2cc(Cl)cc(Cl)c2)CC1. The molecule has 1 aromatic rings. The molecule has 1 aliphatic rings. The second kappa shape index (κ2) is 5.81. The molecule has 1 heterocycles. The number of carbonyl (C=O) groups is 1. The van der Waals surface area contributed by atoms with Crippen molar-refractivity contribution in [1.29, 1.82) is 0 Å². The Morgan fingerprint density at radius 1 is 1.11 bits per heavy atom. The number of hydrogen-bond acceptors (Lipinski definition) is 2. The number of anilines is 1. The van der Waals surface area contributed by atoms with Gasteiger partial charge in [-0.05, 0) is 18.2 Å². The Morgan fingerprint density at radius 2 is 1.67 bits per heavy atom. The number of halogens is 2. The van der Waals surface area contributed by atoms with Crippen molar-refractivity contribution >= 4 is 34.8 Å². The van der Waals surface area contributed by atoms with Gasteiger partial charge in [0.25, 0.3) is 0 Å². The van der Waals surface area contributed by atoms with Crippen molar-refractivity contribution in [2.24, 2.45) is 0 Å². The quantitative estimate of drug-likeness (QED) is 0.834. The largest absolute Gasteiger partial charge is 0.368 e. The highest BCUT2D eigenvalue weighted by molar-refractivity contribution is 6.35. The molecule has 1 saturated heterocycles. The third-order valence-electron chi connectivity index (χ3n) is 3.15. The molecule has 0 saturated carbocycles. The predicted molar refractivity (Wildman–Crippen MR) is 75.5 cm³/mol. The standard InChI is InChI=1S/C13H16Cl2N2O/c1-2-13(18)17-5-3-16(4-6-17)12-8-10(14)7-11(15)9-12/h7-9H,2-6H2,1H3. The molecule has 98 valence electrons. The van der Waals surface area contributed by atoms with Gasteiger partial charge >= 0.3 is 0 Å². The molecule has 0 spiro atoms. The fourth-order valence-corrected chi connectivity index (χ4v) is 2.67. The number of amides is 1. The van der Waals surface area contributed by atoms with Gasteiger partial charge in [0.2, 0.25) is 5.91 Å². The summed E-state index contributed by atoms with van der Waals surface area (Å²) in [6.07, 6.45) is 0.572. The number of nitrogens with zero attached hydrogens (tertiary/aromatic N) is 2. The third kappa shape index (κ3) is 3.09. The topological polar surface area (TPSA) is 23.6 Å². The molecular weight excluding hydrogens is 271 g/mol. The lowest BCUT2D eigenvalue weighted by molar-refractivity contribution is -0.131. The van der Waals surface area contributed by atoms with Crippen LogP contribution in [0.25, 0.3) is 0 Å². The summed E-state index contributed by atoms with van der Waals surface area (Å²) in [5.74, 6) is 0.221. The first-order valence-electron chi connectivity index (χ1n) is 6.09. The molecule has 0 radical (unpaired) electrons. The molecule has 0 N–H and O–H groups in total. The molecule has 1 fully saturated rings. The number of rotatable bonds is 2. The Morgan fingerprint density at radius 3 is 2.17 bits per heavy atom. The molecule has 2 rings (SSSR count). The van der Waals surface area contributed by atoms with Gasteiger partial charge in [-0.2, -0.15) is 0 Å². The molecule has 0 aromatic heterocycles. The Bertz CT molecular complexity index is 422. The molecule has 1 amide bonds. The van der Waals surface area contributed by atoms with Crippen LogP contribution >= 0.6 is 23.2 Å². The molecule has 1 aliphatic heterocycles. The van der Waals surface area contributed by atoms with E-state index in [0.29, 0.717) is 16.5 Å². The van der Waals surface area contributed by atoms with Crippen LogP contribution in [0.3, 0.4) is 0 Å². The zero-order chi connectivity index (χ0) is 13.1. The van der Waals surface area contributed by atoms with E-state index in [1.165, 1.54) is 0 Å². The van der Waals surface area contributed by atoms with Gasteiger partial charge in [-0.15, -0.1) is 0 Å². The summed E-state index contributed by atoms with van der Waals surface area (Å²) in [7, 11) is 0. The Hall–Kier alpha value is -0.930. The molecule has 18 heavy (non-hydrogen) atoms. The monoisotopic (exact) mass is 286 g/mol. The van der Waals surface area contributed by atoms with E-state index in [1.807, 2.05) is 24.0 Å². The third-order valence-corrected chi connectivity index (χ3v) is 3.58. The van der Waals surface area contributed by atoms with Crippen LogP contribution in [-0.2, 0) is 4.79 Å². The van der Waals surface area contributed by atoms with Gasteiger partial charge in [-0.1, -0.05) is 30.1 Å². The normalized spacial score (nSPS) is 15.9. The minimum Gasteiger partial charge on any atom is -0.368 e. The van der Waals surface area contributed by atoms with E-state index < -0.39 is 0 Å². The number of carbonyl (C=O) groups excluding carboxylic acids is 1. The van der Waals surface area contributed by atoms with Crippen molar-refractivity contribution in [3.05, 3.63) is 28.2 Å². The summed E-state index contributed by atoms with van der Waals surface area (Å²) >= 11 is 12.0. The average molecular weight is 287 g/mol. The Labute approximate surface area is 117 Å². The van der Waals surface area contributed by atoms with Crippen LogP contribution in [0.5, 0.6) is 0 Å². The molecule has 3 nitrogen and oxygen atoms in total. The van der Waals surface area contributed by atoms with Crippen molar-refractivity contribution in [2.45, 2.75) is 13.3 Å². The van der Waals surface area contributed by atoms with Crippen LogP contribution in [0.15, 0.2) is 18.2 Å². The van der Waals surface area contributed by atoms with Crippen molar-refractivity contribution in [2.75, 3.05) is 31.1 Å². The van der Waals surface area contributed by atoms with E-state index in [9.17, 15) is 4.79 Å². The molecule has 0 aliphatic carbocycles. The number of hydrogen-bond donors (Lipinski definition) is 0. The van der Waals surface area contributed by atoms with Crippen LogP contribution in [0.2, 0.25) is 10.0 Å². The molecule has 0 unspecified atom stereocenters. The van der Waals surface area contributed by atoms with Gasteiger partial charge in [0.15, 0.2) is 0 Å². The van der Waals surface area contributed by atoms with Crippen molar-refractivity contribution in [3.63, 3.8) is 0 Å². The van der Waals surface area contributed by atoms with Gasteiger partial charge in [0, 0.05) is 48.3 Å². The maximum atomic E-state index is 11.6. The lowest BCUT2D eigenvalue weighted by atomic mass is 10.2. The molecule has 1 aromatic carbocycles. The van der Waals surface area contributed by atoms with Gasteiger partial charge in [-0.25, -0.2) is 0 Å². The summed E-state index contributed by atoms with van der Waals surface area (Å²) < 4.78 is 0. The van der Waals surface area contributed by atoms with E-state index in [-0.39, 0.29) is 5.91 Å². The fourth-order valence-electron chi connectivity index (χ4n) is 2.16. The van der Waals surface area contributed by atoms with E-state index in [2.05, 4.69) is 4.90 Å². The van der Waals surface area contributed by atoms with E-state index >= 15 is 0 Å². The number of piperazine rings is 1. The average Bonchev–Trinajstić information content (AvgIpc) is 2.37. The van der Waals surface area contributed by atoms with Gasteiger partial charge in [0.05, 0.1) is 0 Å². The lowest BCUT2D eigenvalue weighted by Crippen LogP contribution is -2.48. The van der Waals surface area contributed by atoms with Crippen LogP contribution in [0, 0.1) is 0 Å². The van der Waals surface area contributed by atoms with Crippen molar-refractivity contribution in [3.8, 4) is 0 Å². The summed E-state index contributed by atoms with van der Waals surface area (Å²) in [6, 6.07) is 5.54. The summed E-state index contributed by atoms with van der Waals surface area (Å²) in [5, 5.41) is 1.29. The fraction of sp³-hybridized carbons (Fsp3) is 0.462. The zero-order valence-corrected chi connectivity index (χ0v) is 11.8. The van der Waals surface area contributed by atoms with Crippen LogP contribution in [0.1, 0.15) is 13.3 Å². The second-order valence-electron chi connectivity index (χ2n) is 4.35. The highest BCUT2D eigenvalue weighted by Gasteiger charge is 2.20. The second-order valence-corrected chi connectivity index (χ2v) is 5.22. The van der Waals surface area contributed by atoms with E-state index in [1.54, 1.807) is 6.07 Å². The highest BCUT2D eigenvalue weighted by atomic mass is 35.5. The maximum absolute atomic E-state index is 11.6. The molecule has 0 bridgehead atoms. The number of benzene rings is 1. The summed E-state index contributed by atoms with van der Waals surface area (Å²) in [5.41, 5.74) is 1.02. The summed E-state index contributed by atoms with van der Waals surface area (Å²) in [4.78, 5) is 15.7. The van der Waals surface area contributed by atoms with Gasteiger partial charge in [-0.3, -0.25) is 4.79 Å². The summed E-state index contributed by atoms with van der Waals surface area (Å²) in [6.45, 7) is 5.06. The van der Waals surface area contributed by atoms with Crippen molar-refractivity contribution < 1.29 is 4.79 Å².